The highest BCUT2D eigenvalue weighted by Crippen LogP contribution is 2.27. The summed E-state index contributed by atoms with van der Waals surface area (Å²) in [6.07, 6.45) is 1.16. The molecule has 0 heterocycles. The number of benzene rings is 1. The second-order valence-corrected chi connectivity index (χ2v) is 4.10. The molecule has 0 atom stereocenters. The Kier molecular flexibility index (Phi) is 5.84. The Bertz CT molecular complexity index is 339. The van der Waals surface area contributed by atoms with Gasteiger partial charge in [0, 0.05) is 6.54 Å². The van der Waals surface area contributed by atoms with Crippen molar-refractivity contribution in [2.75, 3.05) is 19.7 Å². The number of aromatic hydroxyl groups is 1. The van der Waals surface area contributed by atoms with Gasteiger partial charge in [-0.15, -0.1) is 0 Å². The lowest BCUT2D eigenvalue weighted by Crippen LogP contribution is -2.23. The Morgan fingerprint density at radius 2 is 2.00 bits per heavy atom. The summed E-state index contributed by atoms with van der Waals surface area (Å²) in [6.45, 7) is 9.89. The number of phenols is 1. The molecule has 1 N–H and O–H groups in total. The lowest BCUT2D eigenvalue weighted by atomic mass is 10.2. The van der Waals surface area contributed by atoms with Crippen LogP contribution in [0.25, 0.3) is 0 Å². The first-order valence-corrected chi connectivity index (χ1v) is 6.38. The zero-order chi connectivity index (χ0) is 12.7. The lowest BCUT2D eigenvalue weighted by molar-refractivity contribution is 0.278. The zero-order valence-electron chi connectivity index (χ0n) is 11.1. The Labute approximate surface area is 104 Å². The van der Waals surface area contributed by atoms with Crippen LogP contribution in [0, 0.1) is 0 Å². The minimum Gasteiger partial charge on any atom is -0.504 e. The van der Waals surface area contributed by atoms with Gasteiger partial charge in [-0.05, 0) is 44.1 Å². The number of rotatable bonds is 7. The molecule has 0 radical (unpaired) electrons. The summed E-state index contributed by atoms with van der Waals surface area (Å²) < 4.78 is 5.38. The van der Waals surface area contributed by atoms with Crippen molar-refractivity contribution in [2.24, 2.45) is 0 Å². The molecule has 3 nitrogen and oxygen atoms in total. The maximum atomic E-state index is 9.62. The van der Waals surface area contributed by atoms with Crippen molar-refractivity contribution < 1.29 is 9.84 Å². The third-order valence-corrected chi connectivity index (χ3v) is 2.72. The van der Waals surface area contributed by atoms with Gasteiger partial charge in [-0.25, -0.2) is 0 Å². The van der Waals surface area contributed by atoms with Crippen LogP contribution >= 0.6 is 0 Å². The normalized spacial score (nSPS) is 10.8. The Balaban J connectivity index is 2.73. The van der Waals surface area contributed by atoms with E-state index in [2.05, 4.69) is 18.7 Å². The average molecular weight is 237 g/mol. The summed E-state index contributed by atoms with van der Waals surface area (Å²) in [5.41, 5.74) is 1.18. The predicted octanol–water partition coefficient (Wildman–Crippen LogP) is 3.02. The van der Waals surface area contributed by atoms with Gasteiger partial charge < -0.3 is 9.84 Å². The summed E-state index contributed by atoms with van der Waals surface area (Å²) in [7, 11) is 0. The van der Waals surface area contributed by atoms with E-state index in [1.54, 1.807) is 6.07 Å². The van der Waals surface area contributed by atoms with E-state index >= 15 is 0 Å². The van der Waals surface area contributed by atoms with Gasteiger partial charge >= 0.3 is 0 Å². The standard InChI is InChI=1S/C14H23NO2/c1-4-9-15(5-2)11-12-7-8-13(16)14(10-12)17-6-3/h7-8,10,16H,4-6,9,11H2,1-3H3. The molecule has 0 spiro atoms. The molecule has 17 heavy (non-hydrogen) atoms. The Hall–Kier alpha value is -1.22. The van der Waals surface area contributed by atoms with E-state index in [1.165, 1.54) is 5.56 Å². The van der Waals surface area contributed by atoms with Crippen LogP contribution in [0.3, 0.4) is 0 Å². The van der Waals surface area contributed by atoms with Gasteiger partial charge in [0.1, 0.15) is 0 Å². The monoisotopic (exact) mass is 237 g/mol. The number of phenolic OH excluding ortho intramolecular Hbond substituents is 1. The van der Waals surface area contributed by atoms with Crippen molar-refractivity contribution in [1.29, 1.82) is 0 Å². The summed E-state index contributed by atoms with van der Waals surface area (Å²) in [5.74, 6) is 0.798. The van der Waals surface area contributed by atoms with Gasteiger partial charge in [-0.3, -0.25) is 4.90 Å². The summed E-state index contributed by atoms with van der Waals surface area (Å²) >= 11 is 0. The van der Waals surface area contributed by atoms with E-state index in [0.717, 1.165) is 26.1 Å². The van der Waals surface area contributed by atoms with Crippen molar-refractivity contribution in [3.8, 4) is 11.5 Å². The zero-order valence-corrected chi connectivity index (χ0v) is 11.1. The molecule has 0 bridgehead atoms. The van der Waals surface area contributed by atoms with Gasteiger partial charge in [0.15, 0.2) is 11.5 Å². The molecule has 96 valence electrons. The molecule has 0 fully saturated rings. The van der Waals surface area contributed by atoms with E-state index in [-0.39, 0.29) is 5.75 Å². The molecule has 0 saturated heterocycles. The van der Waals surface area contributed by atoms with E-state index < -0.39 is 0 Å². The van der Waals surface area contributed by atoms with Crippen LogP contribution in [0.5, 0.6) is 11.5 Å². The molecule has 0 aromatic heterocycles. The largest absolute Gasteiger partial charge is 0.504 e. The van der Waals surface area contributed by atoms with Crippen molar-refractivity contribution in [2.45, 2.75) is 33.7 Å². The van der Waals surface area contributed by atoms with Gasteiger partial charge in [-0.1, -0.05) is 19.9 Å². The van der Waals surface area contributed by atoms with E-state index in [9.17, 15) is 5.11 Å². The van der Waals surface area contributed by atoms with Crippen molar-refractivity contribution in [3.63, 3.8) is 0 Å². The van der Waals surface area contributed by atoms with Gasteiger partial charge in [0.25, 0.3) is 0 Å². The molecular weight excluding hydrogens is 214 g/mol. The Morgan fingerprint density at radius 1 is 1.24 bits per heavy atom. The molecule has 0 saturated carbocycles. The molecule has 3 heteroatoms. The van der Waals surface area contributed by atoms with Crippen LogP contribution in [0.4, 0.5) is 0 Å². The third-order valence-electron chi connectivity index (χ3n) is 2.72. The topological polar surface area (TPSA) is 32.7 Å². The third kappa shape index (κ3) is 4.27. The maximum absolute atomic E-state index is 9.62. The quantitative estimate of drug-likeness (QED) is 0.791. The van der Waals surface area contributed by atoms with E-state index in [0.29, 0.717) is 12.4 Å². The summed E-state index contributed by atoms with van der Waals surface area (Å²) in [5, 5.41) is 9.62. The molecule has 0 aliphatic carbocycles. The van der Waals surface area contributed by atoms with Crippen LogP contribution in [0.1, 0.15) is 32.8 Å². The molecular formula is C14H23NO2. The van der Waals surface area contributed by atoms with Crippen molar-refractivity contribution in [1.82, 2.24) is 4.90 Å². The second-order valence-electron chi connectivity index (χ2n) is 4.10. The number of hydrogen-bond acceptors (Lipinski definition) is 3. The molecule has 0 aliphatic heterocycles. The second kappa shape index (κ2) is 7.17. The highest BCUT2D eigenvalue weighted by Gasteiger charge is 2.06. The van der Waals surface area contributed by atoms with Gasteiger partial charge in [-0.2, -0.15) is 0 Å². The number of nitrogens with zero attached hydrogens (tertiary/aromatic N) is 1. The smallest absolute Gasteiger partial charge is 0.161 e. The number of ether oxygens (including phenoxy) is 1. The minimum atomic E-state index is 0.217. The fourth-order valence-electron chi connectivity index (χ4n) is 1.85. The highest BCUT2D eigenvalue weighted by atomic mass is 16.5. The van der Waals surface area contributed by atoms with Crippen LogP contribution in [-0.4, -0.2) is 29.7 Å². The number of hydrogen-bond donors (Lipinski definition) is 1. The lowest BCUT2D eigenvalue weighted by Gasteiger charge is -2.20. The fourth-order valence-corrected chi connectivity index (χ4v) is 1.85. The first-order chi connectivity index (χ1) is 8.21. The highest BCUT2D eigenvalue weighted by molar-refractivity contribution is 5.41. The van der Waals surface area contributed by atoms with Crippen LogP contribution in [0.15, 0.2) is 18.2 Å². The summed E-state index contributed by atoms with van der Waals surface area (Å²) in [4.78, 5) is 2.38. The molecule has 1 aromatic carbocycles. The maximum Gasteiger partial charge on any atom is 0.161 e. The SMILES string of the molecule is CCCN(CC)Cc1ccc(O)c(OCC)c1. The van der Waals surface area contributed by atoms with E-state index in [1.807, 2.05) is 19.1 Å². The van der Waals surface area contributed by atoms with Gasteiger partial charge in [0.05, 0.1) is 6.61 Å². The molecule has 0 amide bonds. The van der Waals surface area contributed by atoms with Crippen LogP contribution in [-0.2, 0) is 6.54 Å². The molecule has 1 rings (SSSR count). The van der Waals surface area contributed by atoms with E-state index in [4.69, 9.17) is 4.74 Å². The van der Waals surface area contributed by atoms with Crippen molar-refractivity contribution in [3.05, 3.63) is 23.8 Å². The van der Waals surface area contributed by atoms with Crippen LogP contribution in [0.2, 0.25) is 0 Å². The minimum absolute atomic E-state index is 0.217. The van der Waals surface area contributed by atoms with Crippen LogP contribution < -0.4 is 4.74 Å². The molecule has 0 aliphatic rings. The Morgan fingerprint density at radius 3 is 2.59 bits per heavy atom. The fraction of sp³-hybridized carbons (Fsp3) is 0.571. The molecule has 1 aromatic rings. The molecule has 0 unspecified atom stereocenters. The predicted molar refractivity (Wildman–Crippen MR) is 70.5 cm³/mol. The first kappa shape index (κ1) is 13.8. The summed E-state index contributed by atoms with van der Waals surface area (Å²) in [6, 6.07) is 5.59. The van der Waals surface area contributed by atoms with Crippen molar-refractivity contribution >= 4 is 0 Å². The van der Waals surface area contributed by atoms with Gasteiger partial charge in [0.2, 0.25) is 0 Å². The first-order valence-electron chi connectivity index (χ1n) is 6.38. The average Bonchev–Trinajstić information content (AvgIpc) is 2.33.